The van der Waals surface area contributed by atoms with Gasteiger partial charge < -0.3 is 18.9 Å². The first-order valence-electron chi connectivity index (χ1n) is 13.1. The number of hydrogen-bond donors (Lipinski definition) is 2. The van der Waals surface area contributed by atoms with Gasteiger partial charge in [-0.05, 0) is 61.0 Å². The minimum Gasteiger partial charge on any atom is -0.497 e. The molecule has 0 amide bonds. The standard InChI is InChI=1S/C32H26N2O7S/c1-19-7-11-23(12-8-19)42(37,38)34-29(15-20-18-33-28-6-4-3-5-24(20)28)32(36)40-22-10-14-26-25-13-9-21(39-2)16-27(25)31(35)41-30(26)17-22/h3-14,16-18,29,33-34H,15H2,1-2H3. The number of rotatable bonds is 8. The molecule has 0 spiro atoms. The van der Waals surface area contributed by atoms with Crippen LogP contribution in [0.5, 0.6) is 11.5 Å². The van der Waals surface area contributed by atoms with E-state index in [4.69, 9.17) is 13.9 Å². The van der Waals surface area contributed by atoms with Gasteiger partial charge in [0.25, 0.3) is 0 Å². The van der Waals surface area contributed by atoms with Gasteiger partial charge in [-0.25, -0.2) is 18.0 Å². The molecule has 0 aliphatic heterocycles. The molecule has 0 aliphatic rings. The SMILES string of the molecule is COc1ccc2c(c1)c(=O)oc1cc(OC(=O)C(Cc3c[nH]c4ccccc34)NS(=O)(=O)c3ccc(C)cc3)ccc12. The number of aromatic nitrogens is 1. The fourth-order valence-corrected chi connectivity index (χ4v) is 6.12. The van der Waals surface area contributed by atoms with Gasteiger partial charge in [0.05, 0.1) is 17.4 Å². The summed E-state index contributed by atoms with van der Waals surface area (Å²) in [5, 5.41) is 2.52. The van der Waals surface area contributed by atoms with Gasteiger partial charge in [0.2, 0.25) is 10.0 Å². The highest BCUT2D eigenvalue weighted by atomic mass is 32.2. The second kappa shape index (κ2) is 10.8. The highest BCUT2D eigenvalue weighted by molar-refractivity contribution is 7.89. The molecular formula is C32H26N2O7S. The quantitative estimate of drug-likeness (QED) is 0.109. The Labute approximate surface area is 240 Å². The van der Waals surface area contributed by atoms with Gasteiger partial charge in [-0.15, -0.1) is 0 Å². The average Bonchev–Trinajstić information content (AvgIpc) is 3.39. The largest absolute Gasteiger partial charge is 0.497 e. The molecule has 0 saturated carbocycles. The number of ether oxygens (including phenoxy) is 2. The Balaban J connectivity index is 1.34. The maximum Gasteiger partial charge on any atom is 0.344 e. The highest BCUT2D eigenvalue weighted by Gasteiger charge is 2.29. The monoisotopic (exact) mass is 582 g/mol. The van der Waals surface area contributed by atoms with Gasteiger partial charge in [0.1, 0.15) is 23.1 Å². The second-order valence-electron chi connectivity index (χ2n) is 9.93. The molecule has 4 aromatic carbocycles. The lowest BCUT2D eigenvalue weighted by Gasteiger charge is -2.18. The molecule has 2 N–H and O–H groups in total. The van der Waals surface area contributed by atoms with E-state index in [1.165, 1.54) is 25.3 Å². The minimum atomic E-state index is -4.07. The van der Waals surface area contributed by atoms with Gasteiger partial charge in [0.15, 0.2) is 0 Å². The third kappa shape index (κ3) is 5.25. The third-order valence-corrected chi connectivity index (χ3v) is 8.61. The van der Waals surface area contributed by atoms with Gasteiger partial charge >= 0.3 is 11.6 Å². The van der Waals surface area contributed by atoms with Crippen LogP contribution in [0.4, 0.5) is 0 Å². The summed E-state index contributed by atoms with van der Waals surface area (Å²) >= 11 is 0. The molecule has 0 radical (unpaired) electrons. The Morgan fingerprint density at radius 1 is 0.905 bits per heavy atom. The molecule has 10 heteroatoms. The van der Waals surface area contributed by atoms with E-state index in [-0.39, 0.29) is 22.6 Å². The predicted molar refractivity (Wildman–Crippen MR) is 159 cm³/mol. The van der Waals surface area contributed by atoms with Crippen LogP contribution in [0.3, 0.4) is 0 Å². The van der Waals surface area contributed by atoms with Gasteiger partial charge in [-0.2, -0.15) is 4.72 Å². The van der Waals surface area contributed by atoms with Crippen LogP contribution in [0.2, 0.25) is 0 Å². The fraction of sp³-hybridized carbons (Fsp3) is 0.125. The summed E-state index contributed by atoms with van der Waals surface area (Å²) in [6.07, 6.45) is 1.78. The Morgan fingerprint density at radius 2 is 1.64 bits per heavy atom. The summed E-state index contributed by atoms with van der Waals surface area (Å²) < 4.78 is 45.5. The van der Waals surface area contributed by atoms with Crippen LogP contribution in [-0.2, 0) is 21.2 Å². The number of fused-ring (bicyclic) bond motifs is 4. The average molecular weight is 583 g/mol. The summed E-state index contributed by atoms with van der Waals surface area (Å²) in [6, 6.07) is 22.4. The van der Waals surface area contributed by atoms with Crippen LogP contribution in [-0.4, -0.2) is 32.5 Å². The number of carbonyl (C=O) groups is 1. The molecule has 6 rings (SSSR count). The molecule has 0 bridgehead atoms. The number of nitrogens with one attached hydrogen (secondary N) is 2. The molecule has 1 atom stereocenters. The smallest absolute Gasteiger partial charge is 0.344 e. The molecule has 0 aliphatic carbocycles. The van der Waals surface area contributed by atoms with Crippen LogP contribution >= 0.6 is 0 Å². The lowest BCUT2D eigenvalue weighted by atomic mass is 10.1. The van der Waals surface area contributed by atoms with Crippen LogP contribution in [0.1, 0.15) is 11.1 Å². The predicted octanol–water partition coefficient (Wildman–Crippen LogP) is 5.24. The Morgan fingerprint density at radius 3 is 2.43 bits per heavy atom. The van der Waals surface area contributed by atoms with Gasteiger partial charge in [-0.1, -0.05) is 35.9 Å². The molecule has 2 heterocycles. The maximum atomic E-state index is 13.6. The number of methoxy groups -OCH3 is 1. The van der Waals surface area contributed by atoms with E-state index in [1.807, 2.05) is 31.2 Å². The van der Waals surface area contributed by atoms with E-state index < -0.39 is 27.7 Å². The zero-order valence-electron chi connectivity index (χ0n) is 22.7. The summed E-state index contributed by atoms with van der Waals surface area (Å²) in [5.41, 5.74) is 2.15. The van der Waals surface area contributed by atoms with Crippen molar-refractivity contribution in [3.8, 4) is 11.5 Å². The van der Waals surface area contributed by atoms with Crippen LogP contribution in [0.25, 0.3) is 32.6 Å². The Kier molecular flexibility index (Phi) is 7.01. The van der Waals surface area contributed by atoms with Gasteiger partial charge in [-0.3, -0.25) is 0 Å². The van der Waals surface area contributed by atoms with Crippen molar-refractivity contribution in [2.24, 2.45) is 0 Å². The highest BCUT2D eigenvalue weighted by Crippen LogP contribution is 2.29. The number of aryl methyl sites for hydroxylation is 1. The minimum absolute atomic E-state index is 0.0285. The fourth-order valence-electron chi connectivity index (χ4n) is 4.94. The van der Waals surface area contributed by atoms with Crippen molar-refractivity contribution in [3.63, 3.8) is 0 Å². The molecule has 212 valence electrons. The number of benzene rings is 4. The van der Waals surface area contributed by atoms with Crippen molar-refractivity contribution in [1.29, 1.82) is 0 Å². The normalized spacial score (nSPS) is 12.5. The van der Waals surface area contributed by atoms with E-state index in [0.29, 0.717) is 21.9 Å². The second-order valence-corrected chi connectivity index (χ2v) is 11.6. The molecule has 6 aromatic rings. The number of aromatic amines is 1. The van der Waals surface area contributed by atoms with Crippen LogP contribution in [0.15, 0.2) is 105 Å². The molecule has 0 saturated heterocycles. The molecule has 1 unspecified atom stereocenters. The molecular weight excluding hydrogens is 556 g/mol. The zero-order chi connectivity index (χ0) is 29.4. The van der Waals surface area contributed by atoms with Crippen molar-refractivity contribution < 1.29 is 27.1 Å². The van der Waals surface area contributed by atoms with E-state index in [2.05, 4.69) is 9.71 Å². The van der Waals surface area contributed by atoms with Crippen molar-refractivity contribution in [3.05, 3.63) is 113 Å². The number of carbonyl (C=O) groups excluding carboxylic acids is 1. The Bertz CT molecular complexity index is 2130. The Hall–Kier alpha value is -4.93. The van der Waals surface area contributed by atoms with Crippen molar-refractivity contribution >= 4 is 48.6 Å². The number of esters is 1. The van der Waals surface area contributed by atoms with Crippen molar-refractivity contribution in [2.45, 2.75) is 24.3 Å². The van der Waals surface area contributed by atoms with E-state index in [1.54, 1.807) is 48.7 Å². The molecule has 9 nitrogen and oxygen atoms in total. The summed E-state index contributed by atoms with van der Waals surface area (Å²) in [7, 11) is -2.56. The summed E-state index contributed by atoms with van der Waals surface area (Å²) in [6.45, 7) is 1.85. The third-order valence-electron chi connectivity index (χ3n) is 7.12. The number of hydrogen-bond acceptors (Lipinski definition) is 7. The lowest BCUT2D eigenvalue weighted by molar-refractivity contribution is -0.136. The molecule has 0 fully saturated rings. The first kappa shape index (κ1) is 27.3. The summed E-state index contributed by atoms with van der Waals surface area (Å²) in [4.78, 5) is 29.4. The number of sulfonamides is 1. The molecule has 42 heavy (non-hydrogen) atoms. The van der Waals surface area contributed by atoms with E-state index in [0.717, 1.165) is 22.0 Å². The van der Waals surface area contributed by atoms with E-state index in [9.17, 15) is 18.0 Å². The zero-order valence-corrected chi connectivity index (χ0v) is 23.5. The first-order valence-corrected chi connectivity index (χ1v) is 14.6. The van der Waals surface area contributed by atoms with Crippen LogP contribution in [0, 0.1) is 6.92 Å². The van der Waals surface area contributed by atoms with Gasteiger partial charge in [0, 0.05) is 40.4 Å². The first-order chi connectivity index (χ1) is 20.2. The number of H-pyrrole nitrogens is 1. The topological polar surface area (TPSA) is 128 Å². The lowest BCUT2D eigenvalue weighted by Crippen LogP contribution is -2.44. The van der Waals surface area contributed by atoms with Crippen molar-refractivity contribution in [2.75, 3.05) is 7.11 Å². The molecule has 2 aromatic heterocycles. The van der Waals surface area contributed by atoms with Crippen molar-refractivity contribution in [1.82, 2.24) is 9.71 Å². The summed E-state index contributed by atoms with van der Waals surface area (Å²) in [5.74, 6) is -0.195. The van der Waals surface area contributed by atoms with E-state index >= 15 is 0 Å². The number of para-hydroxylation sites is 1. The maximum absolute atomic E-state index is 13.6. The van der Waals surface area contributed by atoms with Crippen LogP contribution < -0.4 is 19.8 Å².